The Morgan fingerprint density at radius 1 is 0.550 bits per heavy atom. The van der Waals surface area contributed by atoms with Crippen molar-refractivity contribution in [3.05, 3.63) is 69.0 Å². The maximum absolute atomic E-state index is 14.1. The minimum absolute atomic E-state index is 0.00869. The number of phenols is 2. The van der Waals surface area contributed by atoms with Gasteiger partial charge in [-0.05, 0) is 24.3 Å². The molecule has 0 saturated carbocycles. The third kappa shape index (κ3) is 3.22. The molecule has 0 amide bonds. The zero-order valence-electron chi connectivity index (χ0n) is 21.8. The smallest absolute Gasteiger partial charge is 0.207 e. The molecule has 0 aliphatic rings. The summed E-state index contributed by atoms with van der Waals surface area (Å²) in [5.74, 6) is -1.45. The van der Waals surface area contributed by atoms with Gasteiger partial charge < -0.3 is 38.0 Å². The van der Waals surface area contributed by atoms with Gasteiger partial charge >= 0.3 is 0 Å². The average molecular weight is 542 g/mol. The standard InChI is InChI=1S/C30H22O10/c1-35-27-17(19-21(31)13-9-5-7-11-15(13)39-25(19)23(33)29(27)37-3)18-20-22(32)14-10-6-8-12-16(14)40-26(20)24(34)30(38-4)28(18)36-2/h5-12,33-34H,1-4H3. The van der Waals surface area contributed by atoms with Crippen LogP contribution in [0.2, 0.25) is 0 Å². The van der Waals surface area contributed by atoms with Gasteiger partial charge in [-0.25, -0.2) is 0 Å². The first-order valence-electron chi connectivity index (χ1n) is 12.0. The van der Waals surface area contributed by atoms with E-state index in [1.807, 2.05) is 0 Å². The van der Waals surface area contributed by atoms with Gasteiger partial charge in [-0.15, -0.1) is 0 Å². The summed E-state index contributed by atoms with van der Waals surface area (Å²) in [6.07, 6.45) is 0. The normalized spacial score (nSPS) is 11.4. The Morgan fingerprint density at radius 3 is 1.25 bits per heavy atom. The zero-order valence-corrected chi connectivity index (χ0v) is 21.8. The molecule has 40 heavy (non-hydrogen) atoms. The number of phenolic OH excluding ortho intramolecular Hbond substituents is 2. The lowest BCUT2D eigenvalue weighted by Crippen LogP contribution is -2.10. The van der Waals surface area contributed by atoms with Gasteiger partial charge in [0.1, 0.15) is 11.2 Å². The number of hydrogen-bond donors (Lipinski definition) is 2. The highest BCUT2D eigenvalue weighted by molar-refractivity contribution is 6.15. The molecule has 0 unspecified atom stereocenters. The second-order valence-corrected chi connectivity index (χ2v) is 8.84. The van der Waals surface area contributed by atoms with Gasteiger partial charge in [0.2, 0.25) is 33.9 Å². The van der Waals surface area contributed by atoms with Crippen LogP contribution in [0.4, 0.5) is 0 Å². The molecule has 0 aliphatic heterocycles. The van der Waals surface area contributed by atoms with Crippen LogP contribution in [-0.2, 0) is 0 Å². The SMILES string of the molecule is COc1c(OC)c(-c2c(OC)c(OC)c(O)c3oc4ccccc4c(=O)c23)c2c(=O)c3ccccc3oc2c1O. The summed E-state index contributed by atoms with van der Waals surface area (Å²) in [6, 6.07) is 13.1. The molecule has 0 spiro atoms. The molecule has 202 valence electrons. The maximum Gasteiger partial charge on any atom is 0.207 e. The maximum atomic E-state index is 14.1. The average Bonchev–Trinajstić information content (AvgIpc) is 2.98. The lowest BCUT2D eigenvalue weighted by Gasteiger charge is -2.21. The second-order valence-electron chi connectivity index (χ2n) is 8.84. The number of hydrogen-bond acceptors (Lipinski definition) is 10. The summed E-state index contributed by atoms with van der Waals surface area (Å²) in [5, 5.41) is 22.6. The number of rotatable bonds is 5. The Labute approximate surface area is 225 Å². The van der Waals surface area contributed by atoms with Crippen LogP contribution < -0.4 is 29.8 Å². The van der Waals surface area contributed by atoms with Crippen molar-refractivity contribution in [3.63, 3.8) is 0 Å². The molecule has 0 atom stereocenters. The van der Waals surface area contributed by atoms with E-state index in [0.717, 1.165) is 0 Å². The summed E-state index contributed by atoms with van der Waals surface area (Å²) in [7, 11) is 5.25. The first-order chi connectivity index (χ1) is 19.4. The second kappa shape index (κ2) is 9.12. The van der Waals surface area contributed by atoms with Crippen LogP contribution in [-0.4, -0.2) is 38.7 Å². The van der Waals surface area contributed by atoms with Gasteiger partial charge in [-0.3, -0.25) is 9.59 Å². The van der Waals surface area contributed by atoms with Crippen molar-refractivity contribution in [2.45, 2.75) is 0 Å². The van der Waals surface area contributed by atoms with Crippen LogP contribution >= 0.6 is 0 Å². The van der Waals surface area contributed by atoms with E-state index in [4.69, 9.17) is 27.8 Å². The summed E-state index contributed by atoms with van der Waals surface area (Å²) in [4.78, 5) is 28.1. The Balaban J connectivity index is 2.01. The fourth-order valence-electron chi connectivity index (χ4n) is 5.19. The van der Waals surface area contributed by atoms with Crippen molar-refractivity contribution < 1.29 is 38.0 Å². The molecule has 2 heterocycles. The molecule has 0 fully saturated rings. The monoisotopic (exact) mass is 542 g/mol. The summed E-state index contributed by atoms with van der Waals surface area (Å²) in [5.41, 5.74) is -0.986. The molecular weight excluding hydrogens is 520 g/mol. The number of benzene rings is 4. The molecular formula is C30H22O10. The highest BCUT2D eigenvalue weighted by Gasteiger charge is 2.34. The summed E-state index contributed by atoms with van der Waals surface area (Å²) in [6.45, 7) is 0. The Hall–Kier alpha value is -5.38. The van der Waals surface area contributed by atoms with Crippen LogP contribution in [0.15, 0.2) is 67.0 Å². The molecule has 6 rings (SSSR count). The number of methoxy groups -OCH3 is 4. The fourth-order valence-corrected chi connectivity index (χ4v) is 5.19. The minimum atomic E-state index is -0.518. The quantitative estimate of drug-likeness (QED) is 0.275. The van der Waals surface area contributed by atoms with Gasteiger partial charge in [0, 0.05) is 11.1 Å². The van der Waals surface area contributed by atoms with Crippen molar-refractivity contribution in [3.8, 4) is 45.6 Å². The van der Waals surface area contributed by atoms with E-state index in [-0.39, 0.29) is 78.0 Å². The van der Waals surface area contributed by atoms with Crippen molar-refractivity contribution >= 4 is 43.9 Å². The van der Waals surface area contributed by atoms with Gasteiger partial charge in [0.15, 0.2) is 22.7 Å². The molecule has 6 aromatic rings. The van der Waals surface area contributed by atoms with Crippen molar-refractivity contribution in [1.29, 1.82) is 0 Å². The van der Waals surface area contributed by atoms with E-state index in [1.165, 1.54) is 28.4 Å². The molecule has 10 nitrogen and oxygen atoms in total. The van der Waals surface area contributed by atoms with Crippen molar-refractivity contribution in [1.82, 2.24) is 0 Å². The highest BCUT2D eigenvalue weighted by atomic mass is 16.5. The molecule has 0 saturated heterocycles. The highest BCUT2D eigenvalue weighted by Crippen LogP contribution is 2.57. The van der Waals surface area contributed by atoms with Crippen molar-refractivity contribution in [2.24, 2.45) is 0 Å². The third-order valence-corrected chi connectivity index (χ3v) is 6.89. The minimum Gasteiger partial charge on any atom is -0.502 e. The van der Waals surface area contributed by atoms with Crippen LogP contribution in [0.25, 0.3) is 55.0 Å². The molecule has 10 heteroatoms. The number of para-hydroxylation sites is 2. The Bertz CT molecular complexity index is 1970. The fraction of sp³-hybridized carbons (Fsp3) is 0.133. The summed E-state index contributed by atoms with van der Waals surface area (Å²) < 4.78 is 34.4. The number of fused-ring (bicyclic) bond motifs is 4. The molecule has 4 aromatic carbocycles. The Kier molecular flexibility index (Phi) is 5.69. The Morgan fingerprint density at radius 2 is 0.900 bits per heavy atom. The molecule has 0 aliphatic carbocycles. The predicted octanol–water partition coefficient (Wildman–Crippen LogP) is 5.32. The van der Waals surface area contributed by atoms with E-state index in [9.17, 15) is 19.8 Å². The summed E-state index contributed by atoms with van der Waals surface area (Å²) >= 11 is 0. The lowest BCUT2D eigenvalue weighted by molar-refractivity contribution is 0.330. The van der Waals surface area contributed by atoms with Crippen LogP contribution in [0.5, 0.6) is 34.5 Å². The van der Waals surface area contributed by atoms with E-state index in [0.29, 0.717) is 0 Å². The van der Waals surface area contributed by atoms with Gasteiger partial charge in [0.05, 0.1) is 50.0 Å². The van der Waals surface area contributed by atoms with E-state index < -0.39 is 22.4 Å². The third-order valence-electron chi connectivity index (χ3n) is 6.89. The molecule has 2 aromatic heterocycles. The lowest BCUT2D eigenvalue weighted by atomic mass is 9.92. The van der Waals surface area contributed by atoms with E-state index in [2.05, 4.69) is 0 Å². The zero-order chi connectivity index (χ0) is 28.3. The van der Waals surface area contributed by atoms with E-state index in [1.54, 1.807) is 48.5 Å². The molecule has 0 radical (unpaired) electrons. The number of aromatic hydroxyl groups is 2. The van der Waals surface area contributed by atoms with Crippen LogP contribution in [0, 0.1) is 0 Å². The topological polar surface area (TPSA) is 138 Å². The van der Waals surface area contributed by atoms with Gasteiger partial charge in [-0.2, -0.15) is 0 Å². The van der Waals surface area contributed by atoms with Gasteiger partial charge in [0.25, 0.3) is 0 Å². The predicted molar refractivity (Wildman–Crippen MR) is 149 cm³/mol. The van der Waals surface area contributed by atoms with E-state index >= 15 is 0 Å². The van der Waals surface area contributed by atoms with Crippen LogP contribution in [0.1, 0.15) is 0 Å². The number of ether oxygens (including phenoxy) is 4. The van der Waals surface area contributed by atoms with Crippen LogP contribution in [0.3, 0.4) is 0 Å². The molecule has 2 N–H and O–H groups in total. The first kappa shape index (κ1) is 24.9. The largest absolute Gasteiger partial charge is 0.502 e. The first-order valence-corrected chi connectivity index (χ1v) is 12.0. The van der Waals surface area contributed by atoms with Crippen molar-refractivity contribution in [2.75, 3.05) is 28.4 Å². The molecule has 0 bridgehead atoms. The van der Waals surface area contributed by atoms with Gasteiger partial charge in [-0.1, -0.05) is 24.3 Å².